The summed E-state index contributed by atoms with van der Waals surface area (Å²) in [6.45, 7) is 4.35. The normalized spacial score (nSPS) is 15.9. The summed E-state index contributed by atoms with van der Waals surface area (Å²) < 4.78 is 42.6. The van der Waals surface area contributed by atoms with Crippen LogP contribution in [0.15, 0.2) is 35.3 Å². The zero-order valence-corrected chi connectivity index (χ0v) is 13.7. The molecule has 0 unspecified atom stereocenters. The molecule has 1 N–H and O–H groups in total. The molecule has 2 heterocycles. The molecule has 1 aliphatic heterocycles. The van der Waals surface area contributed by atoms with Gasteiger partial charge in [-0.05, 0) is 31.1 Å². The third kappa shape index (κ3) is 3.71. The maximum atomic E-state index is 12.6. The Balaban J connectivity index is 1.66. The number of rotatable bonds is 3. The molecule has 0 aliphatic carbocycles. The van der Waals surface area contributed by atoms with E-state index in [-0.39, 0.29) is 28.8 Å². The van der Waals surface area contributed by atoms with E-state index in [9.17, 15) is 22.8 Å². The number of piperidine rings is 1. The van der Waals surface area contributed by atoms with Crippen LogP contribution in [0.3, 0.4) is 0 Å². The first-order chi connectivity index (χ1) is 12.3. The van der Waals surface area contributed by atoms with Crippen LogP contribution in [0.5, 0.6) is 0 Å². The Morgan fingerprint density at radius 2 is 2.00 bits per heavy atom. The number of anilines is 1. The summed E-state index contributed by atoms with van der Waals surface area (Å²) in [7, 11) is 0. The molecule has 0 radical (unpaired) electrons. The van der Waals surface area contributed by atoms with Crippen LogP contribution < -0.4 is 5.32 Å². The fourth-order valence-corrected chi connectivity index (χ4v) is 2.86. The molecular formula is C17H16F3N3O3. The molecule has 1 aliphatic rings. The molecule has 26 heavy (non-hydrogen) atoms. The number of hydrogen-bond donors (Lipinski definition) is 1. The Hall–Kier alpha value is -2.84. The number of nitrogens with zero attached hydrogens (tertiary/aromatic N) is 2. The molecule has 138 valence electrons. The van der Waals surface area contributed by atoms with E-state index in [1.54, 1.807) is 4.90 Å². The average Bonchev–Trinajstić information content (AvgIpc) is 3.05. The van der Waals surface area contributed by atoms with Crippen molar-refractivity contribution < 1.29 is 27.2 Å². The third-order valence-electron chi connectivity index (χ3n) is 4.25. The summed E-state index contributed by atoms with van der Waals surface area (Å²) in [5.74, 6) is -2.01. The summed E-state index contributed by atoms with van der Waals surface area (Å²) in [4.78, 5) is 28.9. The maximum Gasteiger partial charge on any atom is 0.468 e. The van der Waals surface area contributed by atoms with E-state index < -0.39 is 12.1 Å². The van der Waals surface area contributed by atoms with Gasteiger partial charge in [0.05, 0.1) is 0 Å². The highest BCUT2D eigenvalue weighted by Gasteiger charge is 2.37. The van der Waals surface area contributed by atoms with Gasteiger partial charge in [-0.15, -0.1) is 0 Å². The molecule has 2 amide bonds. The van der Waals surface area contributed by atoms with Gasteiger partial charge in [0.1, 0.15) is 5.52 Å². The fourth-order valence-electron chi connectivity index (χ4n) is 2.86. The highest BCUT2D eigenvalue weighted by Crippen LogP contribution is 2.32. The zero-order chi connectivity index (χ0) is 18.9. The first kappa shape index (κ1) is 18.0. The number of hydrogen-bond acceptors (Lipinski definition) is 4. The van der Waals surface area contributed by atoms with Gasteiger partial charge < -0.3 is 14.6 Å². The summed E-state index contributed by atoms with van der Waals surface area (Å²) in [6, 6.07) is 4.14. The molecule has 0 spiro atoms. The minimum atomic E-state index is -4.67. The minimum Gasteiger partial charge on any atom is -0.433 e. The van der Waals surface area contributed by atoms with Crippen molar-refractivity contribution in [2.45, 2.75) is 19.0 Å². The van der Waals surface area contributed by atoms with E-state index >= 15 is 0 Å². The molecule has 3 rings (SSSR count). The number of likely N-dealkylation sites (tertiary alicyclic amines) is 1. The van der Waals surface area contributed by atoms with Crippen molar-refractivity contribution in [1.82, 2.24) is 9.88 Å². The van der Waals surface area contributed by atoms with Gasteiger partial charge in [-0.25, -0.2) is 4.98 Å². The second-order valence-corrected chi connectivity index (χ2v) is 5.99. The lowest BCUT2D eigenvalue weighted by atomic mass is 9.95. The highest BCUT2D eigenvalue weighted by molar-refractivity contribution is 5.94. The molecule has 0 bridgehead atoms. The Kier molecular flexibility index (Phi) is 4.71. The number of carbonyl (C=O) groups excluding carboxylic acids is 2. The smallest absolute Gasteiger partial charge is 0.433 e. The summed E-state index contributed by atoms with van der Waals surface area (Å²) in [5, 5.41) is 2.68. The summed E-state index contributed by atoms with van der Waals surface area (Å²) in [5.41, 5.74) is 0.338. The predicted molar refractivity (Wildman–Crippen MR) is 87.1 cm³/mol. The molecule has 9 heteroatoms. The van der Waals surface area contributed by atoms with Gasteiger partial charge >= 0.3 is 12.1 Å². The van der Waals surface area contributed by atoms with Crippen molar-refractivity contribution >= 4 is 28.6 Å². The Morgan fingerprint density at radius 1 is 1.31 bits per heavy atom. The molecule has 1 aromatic heterocycles. The van der Waals surface area contributed by atoms with Gasteiger partial charge in [-0.2, -0.15) is 13.2 Å². The second kappa shape index (κ2) is 6.81. The zero-order valence-electron chi connectivity index (χ0n) is 13.7. The van der Waals surface area contributed by atoms with Crippen molar-refractivity contribution in [3.05, 3.63) is 36.7 Å². The van der Waals surface area contributed by atoms with Crippen LogP contribution in [0.1, 0.15) is 18.7 Å². The van der Waals surface area contributed by atoms with Crippen molar-refractivity contribution in [3.8, 4) is 0 Å². The third-order valence-corrected chi connectivity index (χ3v) is 4.25. The van der Waals surface area contributed by atoms with Gasteiger partial charge in [0.15, 0.2) is 5.58 Å². The van der Waals surface area contributed by atoms with Crippen molar-refractivity contribution in [2.24, 2.45) is 5.92 Å². The van der Waals surface area contributed by atoms with Gasteiger partial charge in [-0.3, -0.25) is 9.59 Å². The van der Waals surface area contributed by atoms with Crippen molar-refractivity contribution in [1.29, 1.82) is 0 Å². The summed E-state index contributed by atoms with van der Waals surface area (Å²) >= 11 is 0. The largest absolute Gasteiger partial charge is 0.468 e. The Bertz CT molecular complexity index is 852. The lowest BCUT2D eigenvalue weighted by Crippen LogP contribution is -2.40. The van der Waals surface area contributed by atoms with Gasteiger partial charge in [0.2, 0.25) is 11.8 Å². The number of aromatic nitrogens is 1. The lowest BCUT2D eigenvalue weighted by molar-refractivity contribution is -0.156. The maximum absolute atomic E-state index is 12.6. The van der Waals surface area contributed by atoms with Crippen LogP contribution in [0, 0.1) is 5.92 Å². The number of amides is 2. The van der Waals surface area contributed by atoms with Crippen LogP contribution in [-0.4, -0.2) is 34.8 Å². The number of halogens is 3. The minimum absolute atomic E-state index is 0.0541. The van der Waals surface area contributed by atoms with E-state index in [1.165, 1.54) is 24.3 Å². The van der Waals surface area contributed by atoms with E-state index in [1.807, 2.05) is 0 Å². The van der Waals surface area contributed by atoms with E-state index in [0.717, 1.165) is 0 Å². The van der Waals surface area contributed by atoms with E-state index in [4.69, 9.17) is 4.42 Å². The molecule has 1 fully saturated rings. The highest BCUT2D eigenvalue weighted by atomic mass is 19.4. The lowest BCUT2D eigenvalue weighted by Gasteiger charge is -2.30. The molecule has 0 saturated carbocycles. The van der Waals surface area contributed by atoms with Gasteiger partial charge in [-0.1, -0.05) is 6.58 Å². The first-order valence-corrected chi connectivity index (χ1v) is 7.98. The number of fused-ring (bicyclic) bond motifs is 1. The van der Waals surface area contributed by atoms with Crippen LogP contribution >= 0.6 is 0 Å². The van der Waals surface area contributed by atoms with Gasteiger partial charge in [0.25, 0.3) is 0 Å². The molecular weight excluding hydrogens is 351 g/mol. The van der Waals surface area contributed by atoms with Crippen LogP contribution in [0.2, 0.25) is 0 Å². The van der Waals surface area contributed by atoms with Crippen molar-refractivity contribution in [2.75, 3.05) is 18.4 Å². The van der Waals surface area contributed by atoms with Gasteiger partial charge in [0, 0.05) is 30.8 Å². The van der Waals surface area contributed by atoms with Crippen molar-refractivity contribution in [3.63, 3.8) is 0 Å². The predicted octanol–water partition coefficient (Wildman–Crippen LogP) is 3.21. The van der Waals surface area contributed by atoms with Crippen LogP contribution in [0.4, 0.5) is 18.9 Å². The number of carbonyl (C=O) groups is 2. The number of oxazole rings is 1. The quantitative estimate of drug-likeness (QED) is 0.846. The number of alkyl halides is 3. The Labute approximate surface area is 146 Å². The number of nitrogens with one attached hydrogen (secondary N) is 1. The Morgan fingerprint density at radius 3 is 2.62 bits per heavy atom. The number of benzene rings is 1. The molecule has 6 nitrogen and oxygen atoms in total. The molecule has 0 atom stereocenters. The topological polar surface area (TPSA) is 75.4 Å². The monoisotopic (exact) mass is 367 g/mol. The molecule has 1 saturated heterocycles. The van der Waals surface area contributed by atoms with E-state index in [2.05, 4.69) is 16.9 Å². The van der Waals surface area contributed by atoms with E-state index in [0.29, 0.717) is 31.6 Å². The standard InChI is InChI=1S/C17H16F3N3O3/c1-2-14(24)23-7-5-10(6-8-23)15(25)21-11-3-4-12-13(9-11)26-16(22-12)17(18,19)20/h2-4,9-10H,1,5-8H2,(H,21,25). The first-order valence-electron chi connectivity index (χ1n) is 7.98. The average molecular weight is 367 g/mol. The molecule has 2 aromatic rings. The SMILES string of the molecule is C=CC(=O)N1CCC(C(=O)Nc2ccc3nc(C(F)(F)F)oc3c2)CC1. The van der Waals surface area contributed by atoms with Crippen LogP contribution in [0.25, 0.3) is 11.1 Å². The fraction of sp³-hybridized carbons (Fsp3) is 0.353. The second-order valence-electron chi connectivity index (χ2n) is 5.99. The van der Waals surface area contributed by atoms with Crippen LogP contribution in [-0.2, 0) is 15.8 Å². The summed E-state index contributed by atoms with van der Waals surface area (Å²) in [6.07, 6.45) is -2.41. The molecule has 1 aromatic carbocycles.